The highest BCUT2D eigenvalue weighted by Crippen LogP contribution is 2.09. The molecular weight excluding hydrogens is 202 g/mol. The van der Waals surface area contributed by atoms with Crippen LogP contribution in [0.5, 0.6) is 0 Å². The van der Waals surface area contributed by atoms with Crippen LogP contribution in [0, 0.1) is 5.92 Å². The second kappa shape index (κ2) is 5.80. The van der Waals surface area contributed by atoms with Gasteiger partial charge in [0.05, 0.1) is 12.2 Å². The van der Waals surface area contributed by atoms with Gasteiger partial charge in [0.15, 0.2) is 5.78 Å². The Morgan fingerprint density at radius 3 is 2.75 bits per heavy atom. The van der Waals surface area contributed by atoms with E-state index in [1.54, 1.807) is 6.20 Å². The third-order valence-corrected chi connectivity index (χ3v) is 3.02. The SMILES string of the molecule is CCC(C)C(N)C(=O)Cc1cnn(CC)c1. The summed E-state index contributed by atoms with van der Waals surface area (Å²) in [7, 11) is 0. The number of ketones is 1. The lowest BCUT2D eigenvalue weighted by molar-refractivity contribution is -0.120. The molecule has 16 heavy (non-hydrogen) atoms. The van der Waals surface area contributed by atoms with E-state index in [0.717, 1.165) is 18.5 Å². The molecular formula is C12H21N3O. The summed E-state index contributed by atoms with van der Waals surface area (Å²) in [6.45, 7) is 6.90. The van der Waals surface area contributed by atoms with Crippen molar-refractivity contribution >= 4 is 5.78 Å². The Kier molecular flexibility index (Phi) is 4.68. The summed E-state index contributed by atoms with van der Waals surface area (Å²) >= 11 is 0. The minimum atomic E-state index is -0.352. The Balaban J connectivity index is 2.57. The second-order valence-corrected chi connectivity index (χ2v) is 4.26. The van der Waals surface area contributed by atoms with Gasteiger partial charge in [-0.1, -0.05) is 20.3 Å². The molecule has 0 spiro atoms. The summed E-state index contributed by atoms with van der Waals surface area (Å²) in [5, 5.41) is 4.14. The summed E-state index contributed by atoms with van der Waals surface area (Å²) in [5.74, 6) is 0.346. The zero-order chi connectivity index (χ0) is 12.1. The molecule has 0 fully saturated rings. The van der Waals surface area contributed by atoms with Crippen LogP contribution in [0.3, 0.4) is 0 Å². The second-order valence-electron chi connectivity index (χ2n) is 4.26. The number of Topliss-reactive ketones (excluding diaryl/α,β-unsaturated/α-hetero) is 1. The molecule has 0 saturated heterocycles. The van der Waals surface area contributed by atoms with Gasteiger partial charge in [0.2, 0.25) is 0 Å². The topological polar surface area (TPSA) is 60.9 Å². The average molecular weight is 223 g/mol. The lowest BCUT2D eigenvalue weighted by atomic mass is 9.94. The quantitative estimate of drug-likeness (QED) is 0.792. The Morgan fingerprint density at radius 2 is 2.25 bits per heavy atom. The van der Waals surface area contributed by atoms with Crippen molar-refractivity contribution in [2.45, 2.75) is 46.2 Å². The molecule has 1 aromatic heterocycles. The van der Waals surface area contributed by atoms with E-state index in [1.165, 1.54) is 0 Å². The number of hydrogen-bond acceptors (Lipinski definition) is 3. The number of nitrogens with two attached hydrogens (primary N) is 1. The number of hydrogen-bond donors (Lipinski definition) is 1. The summed E-state index contributed by atoms with van der Waals surface area (Å²) < 4.78 is 1.82. The molecule has 90 valence electrons. The van der Waals surface area contributed by atoms with Gasteiger partial charge >= 0.3 is 0 Å². The molecule has 1 rings (SSSR count). The first-order valence-corrected chi connectivity index (χ1v) is 5.88. The fraction of sp³-hybridized carbons (Fsp3) is 0.667. The highest BCUT2D eigenvalue weighted by atomic mass is 16.1. The average Bonchev–Trinajstić information content (AvgIpc) is 2.74. The van der Waals surface area contributed by atoms with Crippen molar-refractivity contribution in [1.29, 1.82) is 0 Å². The molecule has 0 radical (unpaired) electrons. The predicted octanol–water partition coefficient (Wildman–Crippen LogP) is 1.39. The monoisotopic (exact) mass is 223 g/mol. The maximum atomic E-state index is 11.8. The smallest absolute Gasteiger partial charge is 0.154 e. The van der Waals surface area contributed by atoms with Crippen LogP contribution in [0.2, 0.25) is 0 Å². The van der Waals surface area contributed by atoms with Crippen LogP contribution >= 0.6 is 0 Å². The van der Waals surface area contributed by atoms with Crippen molar-refractivity contribution in [2.75, 3.05) is 0 Å². The summed E-state index contributed by atoms with van der Waals surface area (Å²) in [5.41, 5.74) is 6.83. The van der Waals surface area contributed by atoms with E-state index in [2.05, 4.69) is 5.10 Å². The normalized spacial score (nSPS) is 14.8. The fourth-order valence-corrected chi connectivity index (χ4v) is 1.56. The van der Waals surface area contributed by atoms with E-state index in [4.69, 9.17) is 5.73 Å². The van der Waals surface area contributed by atoms with Gasteiger partial charge in [-0.25, -0.2) is 0 Å². The van der Waals surface area contributed by atoms with Gasteiger partial charge in [-0.15, -0.1) is 0 Å². The molecule has 2 unspecified atom stereocenters. The Labute approximate surface area is 96.8 Å². The number of carbonyl (C=O) groups excluding carboxylic acids is 1. The van der Waals surface area contributed by atoms with Crippen LogP contribution in [0.15, 0.2) is 12.4 Å². The van der Waals surface area contributed by atoms with Gasteiger partial charge in [-0.05, 0) is 18.4 Å². The number of rotatable bonds is 6. The van der Waals surface area contributed by atoms with Crippen molar-refractivity contribution < 1.29 is 4.79 Å². The zero-order valence-electron chi connectivity index (χ0n) is 10.3. The van der Waals surface area contributed by atoms with Gasteiger partial charge in [0, 0.05) is 19.2 Å². The number of nitrogens with zero attached hydrogens (tertiary/aromatic N) is 2. The lowest BCUT2D eigenvalue weighted by Crippen LogP contribution is -2.37. The van der Waals surface area contributed by atoms with Crippen LogP contribution in [0.25, 0.3) is 0 Å². The minimum Gasteiger partial charge on any atom is -0.321 e. The Morgan fingerprint density at radius 1 is 1.56 bits per heavy atom. The highest BCUT2D eigenvalue weighted by Gasteiger charge is 2.19. The highest BCUT2D eigenvalue weighted by molar-refractivity contribution is 5.86. The molecule has 0 aliphatic carbocycles. The lowest BCUT2D eigenvalue weighted by Gasteiger charge is -2.16. The first-order valence-electron chi connectivity index (χ1n) is 5.88. The first kappa shape index (κ1) is 12.9. The summed E-state index contributed by atoms with van der Waals surface area (Å²) in [6, 6.07) is -0.352. The van der Waals surface area contributed by atoms with Crippen molar-refractivity contribution in [2.24, 2.45) is 11.7 Å². The Hall–Kier alpha value is -1.16. The van der Waals surface area contributed by atoms with E-state index < -0.39 is 0 Å². The van der Waals surface area contributed by atoms with Crippen molar-refractivity contribution in [1.82, 2.24) is 9.78 Å². The summed E-state index contributed by atoms with van der Waals surface area (Å²) in [6.07, 6.45) is 4.97. The molecule has 4 heteroatoms. The molecule has 1 heterocycles. The number of aryl methyl sites for hydroxylation is 1. The standard InChI is InChI=1S/C12H21N3O/c1-4-9(3)12(13)11(16)6-10-7-14-15(5-2)8-10/h7-9,12H,4-6,13H2,1-3H3. The van der Waals surface area contributed by atoms with Gasteiger partial charge in [0.25, 0.3) is 0 Å². The molecule has 4 nitrogen and oxygen atoms in total. The maximum Gasteiger partial charge on any atom is 0.154 e. The van der Waals surface area contributed by atoms with Crippen molar-refractivity contribution in [3.63, 3.8) is 0 Å². The molecule has 0 aromatic carbocycles. The van der Waals surface area contributed by atoms with Gasteiger partial charge in [0.1, 0.15) is 0 Å². The van der Waals surface area contributed by atoms with E-state index in [9.17, 15) is 4.79 Å². The molecule has 0 amide bonds. The van der Waals surface area contributed by atoms with Crippen LogP contribution in [0.1, 0.15) is 32.8 Å². The van der Waals surface area contributed by atoms with Crippen molar-refractivity contribution in [3.05, 3.63) is 18.0 Å². The number of aromatic nitrogens is 2. The van der Waals surface area contributed by atoms with E-state index in [-0.39, 0.29) is 17.7 Å². The van der Waals surface area contributed by atoms with Gasteiger partial charge < -0.3 is 5.73 Å². The molecule has 0 saturated carbocycles. The summed E-state index contributed by atoms with van der Waals surface area (Å²) in [4.78, 5) is 11.8. The molecule has 2 N–H and O–H groups in total. The molecule has 2 atom stereocenters. The predicted molar refractivity (Wildman–Crippen MR) is 64.0 cm³/mol. The first-order chi connectivity index (χ1) is 7.58. The third kappa shape index (κ3) is 3.17. The Bertz CT molecular complexity index is 346. The van der Waals surface area contributed by atoms with Gasteiger partial charge in [-0.3, -0.25) is 9.48 Å². The van der Waals surface area contributed by atoms with Crippen LogP contribution in [0.4, 0.5) is 0 Å². The van der Waals surface area contributed by atoms with Crippen LogP contribution in [-0.4, -0.2) is 21.6 Å². The van der Waals surface area contributed by atoms with Gasteiger partial charge in [-0.2, -0.15) is 5.10 Å². The van der Waals surface area contributed by atoms with E-state index in [0.29, 0.717) is 6.42 Å². The molecule has 0 aliphatic heterocycles. The van der Waals surface area contributed by atoms with Crippen LogP contribution in [-0.2, 0) is 17.8 Å². The molecule has 1 aromatic rings. The largest absolute Gasteiger partial charge is 0.321 e. The van der Waals surface area contributed by atoms with Crippen LogP contribution < -0.4 is 5.73 Å². The fourth-order valence-electron chi connectivity index (χ4n) is 1.56. The van der Waals surface area contributed by atoms with Crippen molar-refractivity contribution in [3.8, 4) is 0 Å². The zero-order valence-corrected chi connectivity index (χ0v) is 10.3. The maximum absolute atomic E-state index is 11.8. The number of carbonyl (C=O) groups is 1. The third-order valence-electron chi connectivity index (χ3n) is 3.02. The van der Waals surface area contributed by atoms with E-state index >= 15 is 0 Å². The molecule has 0 aliphatic rings. The minimum absolute atomic E-state index is 0.102. The molecule has 0 bridgehead atoms. The van der Waals surface area contributed by atoms with E-state index in [1.807, 2.05) is 31.6 Å².